The smallest absolute Gasteiger partial charge is 0.124 e. The number of hydrogen-bond acceptors (Lipinski definition) is 3. The highest BCUT2D eigenvalue weighted by Gasteiger charge is 2.26. The standard InChI is InChI=1S/C15H20FN3/c1-2-19(15-3-4-15)6-5-18-11-13-7-12(10-17)8-14(16)9-13/h7-9,15,18H,2-6,11H2,1H3. The van der Waals surface area contributed by atoms with Crippen molar-refractivity contribution < 1.29 is 4.39 Å². The summed E-state index contributed by atoms with van der Waals surface area (Å²) < 4.78 is 13.2. The number of nitrogens with one attached hydrogen (secondary N) is 1. The Balaban J connectivity index is 1.76. The van der Waals surface area contributed by atoms with Crippen molar-refractivity contribution in [2.45, 2.75) is 32.4 Å². The molecule has 0 radical (unpaired) electrons. The zero-order valence-electron chi connectivity index (χ0n) is 11.3. The highest BCUT2D eigenvalue weighted by molar-refractivity contribution is 5.33. The lowest BCUT2D eigenvalue weighted by Crippen LogP contribution is -2.33. The number of nitriles is 1. The number of hydrogen-bond donors (Lipinski definition) is 1. The van der Waals surface area contributed by atoms with Gasteiger partial charge >= 0.3 is 0 Å². The van der Waals surface area contributed by atoms with E-state index in [1.54, 1.807) is 6.07 Å². The van der Waals surface area contributed by atoms with Crippen molar-refractivity contribution in [1.29, 1.82) is 5.26 Å². The summed E-state index contributed by atoms with van der Waals surface area (Å²) in [6.45, 7) is 5.80. The first-order chi connectivity index (χ1) is 9.22. The van der Waals surface area contributed by atoms with Gasteiger partial charge in [0.2, 0.25) is 0 Å². The number of benzene rings is 1. The van der Waals surface area contributed by atoms with E-state index in [9.17, 15) is 4.39 Å². The average molecular weight is 261 g/mol. The molecule has 0 spiro atoms. The van der Waals surface area contributed by atoms with Crippen molar-refractivity contribution in [2.75, 3.05) is 19.6 Å². The lowest BCUT2D eigenvalue weighted by Gasteiger charge is -2.19. The molecule has 0 bridgehead atoms. The second kappa shape index (κ2) is 6.65. The van der Waals surface area contributed by atoms with Gasteiger partial charge in [0.25, 0.3) is 0 Å². The molecule has 0 heterocycles. The summed E-state index contributed by atoms with van der Waals surface area (Å²) >= 11 is 0. The fraction of sp³-hybridized carbons (Fsp3) is 0.533. The summed E-state index contributed by atoms with van der Waals surface area (Å²) in [6, 6.07) is 7.23. The molecule has 0 amide bonds. The zero-order chi connectivity index (χ0) is 13.7. The summed E-state index contributed by atoms with van der Waals surface area (Å²) in [5, 5.41) is 12.1. The Morgan fingerprint density at radius 3 is 2.84 bits per heavy atom. The van der Waals surface area contributed by atoms with E-state index in [0.717, 1.165) is 31.2 Å². The third kappa shape index (κ3) is 4.30. The molecule has 3 nitrogen and oxygen atoms in total. The quantitative estimate of drug-likeness (QED) is 0.765. The minimum atomic E-state index is -0.344. The Labute approximate surface area is 114 Å². The van der Waals surface area contributed by atoms with E-state index < -0.39 is 0 Å². The molecule has 1 aromatic rings. The van der Waals surface area contributed by atoms with E-state index in [-0.39, 0.29) is 5.82 Å². The van der Waals surface area contributed by atoms with Crippen molar-refractivity contribution in [3.63, 3.8) is 0 Å². The van der Waals surface area contributed by atoms with Crippen LogP contribution in [0, 0.1) is 17.1 Å². The Kier molecular flexibility index (Phi) is 4.89. The van der Waals surface area contributed by atoms with Crippen LogP contribution < -0.4 is 5.32 Å². The van der Waals surface area contributed by atoms with Gasteiger partial charge in [0.1, 0.15) is 5.82 Å². The molecular formula is C15H20FN3. The van der Waals surface area contributed by atoms with Gasteiger partial charge in [0.15, 0.2) is 0 Å². The van der Waals surface area contributed by atoms with E-state index in [4.69, 9.17) is 5.26 Å². The molecule has 1 N–H and O–H groups in total. The molecular weight excluding hydrogens is 241 g/mol. The van der Waals surface area contributed by atoms with Gasteiger partial charge in [-0.15, -0.1) is 0 Å². The lowest BCUT2D eigenvalue weighted by atomic mass is 10.1. The van der Waals surface area contributed by atoms with Gasteiger partial charge in [-0.25, -0.2) is 4.39 Å². The third-order valence-electron chi connectivity index (χ3n) is 3.46. The van der Waals surface area contributed by atoms with Crippen LogP contribution in [0.2, 0.25) is 0 Å². The van der Waals surface area contributed by atoms with Crippen LogP contribution in [0.15, 0.2) is 18.2 Å². The molecule has 2 rings (SSSR count). The van der Waals surface area contributed by atoms with Crippen LogP contribution in [0.4, 0.5) is 4.39 Å². The molecule has 19 heavy (non-hydrogen) atoms. The lowest BCUT2D eigenvalue weighted by molar-refractivity contribution is 0.277. The fourth-order valence-electron chi connectivity index (χ4n) is 2.31. The zero-order valence-corrected chi connectivity index (χ0v) is 11.3. The van der Waals surface area contributed by atoms with Crippen LogP contribution in [-0.4, -0.2) is 30.6 Å². The van der Waals surface area contributed by atoms with E-state index in [0.29, 0.717) is 12.1 Å². The van der Waals surface area contributed by atoms with Gasteiger partial charge in [-0.2, -0.15) is 5.26 Å². The maximum Gasteiger partial charge on any atom is 0.124 e. The minimum absolute atomic E-state index is 0.344. The fourth-order valence-corrected chi connectivity index (χ4v) is 2.31. The van der Waals surface area contributed by atoms with E-state index in [1.807, 2.05) is 6.07 Å². The topological polar surface area (TPSA) is 39.1 Å². The molecule has 4 heteroatoms. The van der Waals surface area contributed by atoms with E-state index >= 15 is 0 Å². The summed E-state index contributed by atoms with van der Waals surface area (Å²) in [5.74, 6) is -0.344. The van der Waals surface area contributed by atoms with Gasteiger partial charge < -0.3 is 5.32 Å². The average Bonchev–Trinajstić information content (AvgIpc) is 3.22. The highest BCUT2D eigenvalue weighted by atomic mass is 19.1. The predicted molar refractivity (Wildman–Crippen MR) is 73.1 cm³/mol. The number of likely N-dealkylation sites (N-methyl/N-ethyl adjacent to an activating group) is 1. The molecule has 0 aromatic heterocycles. The summed E-state index contributed by atoms with van der Waals surface area (Å²) in [5.41, 5.74) is 1.20. The normalized spacial score (nSPS) is 14.6. The SMILES string of the molecule is CCN(CCNCc1cc(F)cc(C#N)c1)C1CC1. The van der Waals surface area contributed by atoms with E-state index in [2.05, 4.69) is 17.1 Å². The maximum atomic E-state index is 13.2. The Bertz CT molecular complexity index is 463. The molecule has 0 atom stereocenters. The summed E-state index contributed by atoms with van der Waals surface area (Å²) in [4.78, 5) is 2.47. The monoisotopic (exact) mass is 261 g/mol. The van der Waals surface area contributed by atoms with Crippen LogP contribution >= 0.6 is 0 Å². The Hall–Kier alpha value is -1.44. The van der Waals surface area contributed by atoms with Crippen molar-refractivity contribution in [3.8, 4) is 6.07 Å². The molecule has 1 aromatic carbocycles. The first kappa shape index (κ1) is 14.0. The Morgan fingerprint density at radius 1 is 1.42 bits per heavy atom. The minimum Gasteiger partial charge on any atom is -0.311 e. The van der Waals surface area contributed by atoms with Gasteiger partial charge in [0, 0.05) is 25.7 Å². The number of halogens is 1. The summed E-state index contributed by atoms with van der Waals surface area (Å²) in [7, 11) is 0. The molecule has 1 aliphatic carbocycles. The first-order valence-electron chi connectivity index (χ1n) is 6.87. The Morgan fingerprint density at radius 2 is 2.21 bits per heavy atom. The molecule has 102 valence electrons. The second-order valence-corrected chi connectivity index (χ2v) is 5.00. The van der Waals surface area contributed by atoms with Crippen LogP contribution in [0.5, 0.6) is 0 Å². The number of rotatable bonds is 7. The van der Waals surface area contributed by atoms with Crippen molar-refractivity contribution >= 4 is 0 Å². The molecule has 1 fully saturated rings. The van der Waals surface area contributed by atoms with Gasteiger partial charge in [-0.05, 0) is 43.1 Å². The largest absolute Gasteiger partial charge is 0.311 e. The molecule has 1 aliphatic rings. The maximum absolute atomic E-state index is 13.2. The van der Waals surface area contributed by atoms with Gasteiger partial charge in [-0.3, -0.25) is 4.90 Å². The van der Waals surface area contributed by atoms with Crippen molar-refractivity contribution in [2.24, 2.45) is 0 Å². The van der Waals surface area contributed by atoms with Gasteiger partial charge in [-0.1, -0.05) is 6.92 Å². The third-order valence-corrected chi connectivity index (χ3v) is 3.46. The van der Waals surface area contributed by atoms with Gasteiger partial charge in [0.05, 0.1) is 11.6 Å². The van der Waals surface area contributed by atoms with E-state index in [1.165, 1.54) is 25.0 Å². The van der Waals surface area contributed by atoms with Crippen LogP contribution in [0.1, 0.15) is 30.9 Å². The second-order valence-electron chi connectivity index (χ2n) is 5.00. The van der Waals surface area contributed by atoms with Crippen LogP contribution in [-0.2, 0) is 6.54 Å². The highest BCUT2D eigenvalue weighted by Crippen LogP contribution is 2.25. The summed E-state index contributed by atoms with van der Waals surface area (Å²) in [6.07, 6.45) is 2.65. The molecule has 0 aliphatic heterocycles. The molecule has 0 unspecified atom stereocenters. The van der Waals surface area contributed by atoms with Crippen LogP contribution in [0.3, 0.4) is 0 Å². The first-order valence-corrected chi connectivity index (χ1v) is 6.87. The molecule has 0 saturated heterocycles. The van der Waals surface area contributed by atoms with Crippen LogP contribution in [0.25, 0.3) is 0 Å². The van der Waals surface area contributed by atoms with Crippen molar-refractivity contribution in [1.82, 2.24) is 10.2 Å². The molecule has 1 saturated carbocycles. The predicted octanol–water partition coefficient (Wildman–Crippen LogP) is 2.27. The number of nitrogens with zero attached hydrogens (tertiary/aromatic N) is 2. The van der Waals surface area contributed by atoms with Crippen molar-refractivity contribution in [3.05, 3.63) is 35.1 Å².